The molecular formula is C30H28FN9O3S. The Labute approximate surface area is 251 Å². The summed E-state index contributed by atoms with van der Waals surface area (Å²) in [6.07, 6.45) is 7.46. The zero-order valence-electron chi connectivity index (χ0n) is 24.2. The van der Waals surface area contributed by atoms with Crippen molar-refractivity contribution in [1.29, 1.82) is 0 Å². The van der Waals surface area contributed by atoms with E-state index in [0.717, 1.165) is 23.4 Å². The standard InChI is InChI=1S/C30H28FN9O3S/c1-30(2,3)29(41)36-20-10-17(12-33-14-20)18-11-22-24(39-40-26(22)35-13-18)28-37-23-21(5-6-34-27(23)38-28)15-7-16(9-19(31)8-15)25(32)44(4,42)43/h5-14,25H,32H2,1-4H3,(H,36,41)(H,34,37,38)(H,35,39,40). The van der Waals surface area contributed by atoms with Gasteiger partial charge < -0.3 is 16.0 Å². The predicted molar refractivity (Wildman–Crippen MR) is 165 cm³/mol. The van der Waals surface area contributed by atoms with Gasteiger partial charge >= 0.3 is 0 Å². The fourth-order valence-electron chi connectivity index (χ4n) is 4.67. The van der Waals surface area contributed by atoms with E-state index in [4.69, 9.17) is 5.73 Å². The van der Waals surface area contributed by atoms with Crippen LogP contribution in [-0.2, 0) is 14.6 Å². The number of amides is 1. The van der Waals surface area contributed by atoms with Crippen molar-refractivity contribution in [3.63, 3.8) is 0 Å². The normalized spacial score (nSPS) is 13.0. The van der Waals surface area contributed by atoms with Gasteiger partial charge in [0.15, 0.2) is 27.0 Å². The number of H-pyrrole nitrogens is 2. The maximum atomic E-state index is 14.6. The van der Waals surface area contributed by atoms with Crippen LogP contribution in [0.3, 0.4) is 0 Å². The number of fused-ring (bicyclic) bond motifs is 2. The Morgan fingerprint density at radius 2 is 1.77 bits per heavy atom. The molecule has 12 nitrogen and oxygen atoms in total. The number of nitrogens with zero attached hydrogens (tertiary/aromatic N) is 5. The van der Waals surface area contributed by atoms with Crippen molar-refractivity contribution in [2.45, 2.75) is 26.1 Å². The molecule has 0 saturated heterocycles. The molecule has 0 aliphatic carbocycles. The van der Waals surface area contributed by atoms with Gasteiger partial charge in [0.25, 0.3) is 0 Å². The molecule has 224 valence electrons. The zero-order chi connectivity index (χ0) is 31.4. The molecule has 0 aliphatic rings. The first kappa shape index (κ1) is 29.0. The highest BCUT2D eigenvalue weighted by Gasteiger charge is 2.23. The molecule has 0 aliphatic heterocycles. The van der Waals surface area contributed by atoms with E-state index < -0.39 is 26.4 Å². The van der Waals surface area contributed by atoms with Crippen LogP contribution < -0.4 is 11.1 Å². The van der Waals surface area contributed by atoms with Gasteiger partial charge in [0.05, 0.1) is 22.8 Å². The third-order valence-electron chi connectivity index (χ3n) is 7.07. The van der Waals surface area contributed by atoms with E-state index in [9.17, 15) is 17.6 Å². The first-order chi connectivity index (χ1) is 20.8. The summed E-state index contributed by atoms with van der Waals surface area (Å²) in [5.74, 6) is -0.348. The molecule has 0 spiro atoms. The number of anilines is 1. The van der Waals surface area contributed by atoms with Crippen LogP contribution in [0.1, 0.15) is 31.7 Å². The number of carbonyl (C=O) groups is 1. The Kier molecular flexibility index (Phi) is 6.97. The molecule has 6 rings (SSSR count). The minimum atomic E-state index is -3.66. The van der Waals surface area contributed by atoms with Gasteiger partial charge in [0.2, 0.25) is 5.91 Å². The average Bonchev–Trinajstić information content (AvgIpc) is 3.59. The van der Waals surface area contributed by atoms with Crippen molar-refractivity contribution < 1.29 is 17.6 Å². The van der Waals surface area contributed by atoms with Crippen LogP contribution in [-0.4, -0.2) is 55.7 Å². The van der Waals surface area contributed by atoms with Gasteiger partial charge in [-0.2, -0.15) is 5.10 Å². The second-order valence-electron chi connectivity index (χ2n) is 11.5. The molecule has 0 saturated carbocycles. The molecule has 1 atom stereocenters. The predicted octanol–water partition coefficient (Wildman–Crippen LogP) is 4.75. The lowest BCUT2D eigenvalue weighted by atomic mass is 9.95. The number of rotatable bonds is 6. The summed E-state index contributed by atoms with van der Waals surface area (Å²) in [5.41, 5.74) is 10.3. The van der Waals surface area contributed by atoms with E-state index in [1.165, 1.54) is 18.3 Å². The van der Waals surface area contributed by atoms with E-state index in [-0.39, 0.29) is 11.5 Å². The molecule has 0 fully saturated rings. The number of carbonyl (C=O) groups excluding carboxylic acids is 1. The summed E-state index contributed by atoms with van der Waals surface area (Å²) < 4.78 is 38.7. The first-order valence-electron chi connectivity index (χ1n) is 13.5. The number of imidazole rings is 1. The van der Waals surface area contributed by atoms with Crippen LogP contribution in [0.5, 0.6) is 0 Å². The highest BCUT2D eigenvalue weighted by molar-refractivity contribution is 7.90. The summed E-state index contributed by atoms with van der Waals surface area (Å²) in [4.78, 5) is 33.5. The number of aromatic nitrogens is 7. The molecule has 5 N–H and O–H groups in total. The summed E-state index contributed by atoms with van der Waals surface area (Å²) in [7, 11) is -3.66. The molecule has 14 heteroatoms. The van der Waals surface area contributed by atoms with Crippen LogP contribution >= 0.6 is 0 Å². The highest BCUT2D eigenvalue weighted by atomic mass is 32.2. The van der Waals surface area contributed by atoms with Crippen molar-refractivity contribution in [1.82, 2.24) is 35.1 Å². The third-order valence-corrected chi connectivity index (χ3v) is 8.26. The number of sulfone groups is 1. The number of hydrogen-bond acceptors (Lipinski definition) is 9. The molecule has 1 aromatic carbocycles. The minimum absolute atomic E-state index is 0.127. The van der Waals surface area contributed by atoms with Crippen LogP contribution in [0.4, 0.5) is 10.1 Å². The Morgan fingerprint density at radius 1 is 1.00 bits per heavy atom. The van der Waals surface area contributed by atoms with E-state index in [1.807, 2.05) is 32.9 Å². The fourth-order valence-corrected chi connectivity index (χ4v) is 5.30. The molecule has 5 aromatic heterocycles. The Morgan fingerprint density at radius 3 is 2.52 bits per heavy atom. The second-order valence-corrected chi connectivity index (χ2v) is 13.7. The topological polar surface area (TPSA) is 185 Å². The minimum Gasteiger partial charge on any atom is -0.335 e. The maximum Gasteiger partial charge on any atom is 0.229 e. The summed E-state index contributed by atoms with van der Waals surface area (Å²) >= 11 is 0. The Hall–Kier alpha value is -5.08. The van der Waals surface area contributed by atoms with E-state index >= 15 is 0 Å². The lowest BCUT2D eigenvalue weighted by Crippen LogP contribution is -2.27. The number of nitrogens with two attached hydrogens (primary N) is 1. The van der Waals surface area contributed by atoms with Gasteiger partial charge in [0.1, 0.15) is 16.9 Å². The van der Waals surface area contributed by atoms with Crippen molar-refractivity contribution >= 4 is 43.6 Å². The van der Waals surface area contributed by atoms with Crippen molar-refractivity contribution in [3.05, 3.63) is 72.6 Å². The van der Waals surface area contributed by atoms with Crippen LogP contribution in [0, 0.1) is 11.2 Å². The fraction of sp³-hybridized carbons (Fsp3) is 0.200. The number of benzene rings is 1. The number of nitrogens with one attached hydrogen (secondary N) is 3. The average molecular weight is 614 g/mol. The largest absolute Gasteiger partial charge is 0.335 e. The summed E-state index contributed by atoms with van der Waals surface area (Å²) in [6, 6.07) is 9.33. The van der Waals surface area contributed by atoms with Gasteiger partial charge in [-0.3, -0.25) is 14.9 Å². The molecule has 0 radical (unpaired) electrons. The smallest absolute Gasteiger partial charge is 0.229 e. The number of aromatic amines is 2. The second kappa shape index (κ2) is 10.6. The van der Waals surface area contributed by atoms with Crippen LogP contribution in [0.15, 0.2) is 61.2 Å². The number of halogens is 1. The van der Waals surface area contributed by atoms with Gasteiger partial charge in [0, 0.05) is 47.0 Å². The zero-order valence-corrected chi connectivity index (χ0v) is 25.0. The third kappa shape index (κ3) is 5.52. The van der Waals surface area contributed by atoms with E-state index in [0.29, 0.717) is 50.5 Å². The molecule has 0 bridgehead atoms. The number of pyridine rings is 3. The first-order valence-corrected chi connectivity index (χ1v) is 15.4. The molecule has 1 amide bonds. The van der Waals surface area contributed by atoms with Crippen LogP contribution in [0.25, 0.3) is 56.0 Å². The monoisotopic (exact) mass is 613 g/mol. The van der Waals surface area contributed by atoms with Gasteiger partial charge in [-0.05, 0) is 47.5 Å². The quantitative estimate of drug-likeness (QED) is 0.206. The highest BCUT2D eigenvalue weighted by Crippen LogP contribution is 2.33. The summed E-state index contributed by atoms with van der Waals surface area (Å²) in [6.45, 7) is 5.49. The van der Waals surface area contributed by atoms with Crippen molar-refractivity contribution in [2.24, 2.45) is 11.1 Å². The SMILES string of the molecule is CC(C)(C)C(=O)Nc1cncc(-c2cnc3n[nH]c(-c4nc5nccc(-c6cc(F)cc(C(N)S(C)(=O)=O)c6)c5[nH]4)c3c2)c1. The molecular weight excluding hydrogens is 585 g/mol. The van der Waals surface area contributed by atoms with E-state index in [1.54, 1.807) is 24.7 Å². The van der Waals surface area contributed by atoms with Gasteiger partial charge in [-0.25, -0.2) is 27.8 Å². The summed E-state index contributed by atoms with van der Waals surface area (Å²) in [5, 5.41) is 9.48. The van der Waals surface area contributed by atoms with Crippen LogP contribution in [0.2, 0.25) is 0 Å². The molecule has 44 heavy (non-hydrogen) atoms. The molecule has 5 heterocycles. The van der Waals surface area contributed by atoms with Crippen molar-refractivity contribution in [2.75, 3.05) is 11.6 Å². The Bertz CT molecular complexity index is 2190. The Balaban J connectivity index is 1.40. The molecule has 1 unspecified atom stereocenters. The van der Waals surface area contributed by atoms with Gasteiger partial charge in [-0.1, -0.05) is 20.8 Å². The number of hydrogen-bond donors (Lipinski definition) is 4. The molecule has 6 aromatic rings. The maximum absolute atomic E-state index is 14.6. The lowest BCUT2D eigenvalue weighted by Gasteiger charge is -2.17. The van der Waals surface area contributed by atoms with E-state index in [2.05, 4.69) is 40.4 Å². The lowest BCUT2D eigenvalue weighted by molar-refractivity contribution is -0.123. The van der Waals surface area contributed by atoms with Crippen molar-refractivity contribution in [3.8, 4) is 33.8 Å². The van der Waals surface area contributed by atoms with Gasteiger partial charge in [-0.15, -0.1) is 0 Å².